The number of hydrogen-bond acceptors (Lipinski definition) is 6. The van der Waals surface area contributed by atoms with Crippen molar-refractivity contribution in [3.05, 3.63) is 72.8 Å². The van der Waals surface area contributed by atoms with Crippen molar-refractivity contribution in [3.63, 3.8) is 0 Å². The van der Waals surface area contributed by atoms with Crippen molar-refractivity contribution in [3.8, 4) is 22.6 Å². The molecule has 0 saturated heterocycles. The Hall–Kier alpha value is -4.06. The molecule has 4 rings (SSSR count). The normalized spacial score (nSPS) is 10.7. The lowest BCUT2D eigenvalue weighted by Gasteiger charge is -2.19. The summed E-state index contributed by atoms with van der Waals surface area (Å²) >= 11 is 0. The smallest absolute Gasteiger partial charge is 0.343 e. The number of ether oxygens (including phenoxy) is 4. The van der Waals surface area contributed by atoms with Gasteiger partial charge in [-0.05, 0) is 33.7 Å². The van der Waals surface area contributed by atoms with Gasteiger partial charge in [0.05, 0.1) is 14.2 Å². The Morgan fingerprint density at radius 1 is 0.594 bits per heavy atom. The van der Waals surface area contributed by atoms with E-state index in [1.165, 1.54) is 14.2 Å². The summed E-state index contributed by atoms with van der Waals surface area (Å²) in [6.45, 7) is -0.462. The van der Waals surface area contributed by atoms with E-state index in [9.17, 15) is 9.59 Å². The second kappa shape index (κ2) is 9.39. The molecule has 4 aromatic carbocycles. The molecule has 6 nitrogen and oxygen atoms in total. The number of fused-ring (bicyclic) bond motifs is 2. The van der Waals surface area contributed by atoms with Crippen molar-refractivity contribution in [2.75, 3.05) is 27.4 Å². The summed E-state index contributed by atoms with van der Waals surface area (Å²) in [5.41, 5.74) is 1.53. The third-order valence-corrected chi connectivity index (χ3v) is 5.18. The molecule has 32 heavy (non-hydrogen) atoms. The van der Waals surface area contributed by atoms with E-state index in [0.717, 1.165) is 32.7 Å². The van der Waals surface area contributed by atoms with Crippen LogP contribution in [0.25, 0.3) is 32.7 Å². The Labute approximate surface area is 185 Å². The van der Waals surface area contributed by atoms with Crippen LogP contribution in [0, 0.1) is 0 Å². The molecule has 4 aromatic rings. The van der Waals surface area contributed by atoms with Crippen LogP contribution in [0.1, 0.15) is 0 Å². The Kier molecular flexibility index (Phi) is 6.22. The van der Waals surface area contributed by atoms with Gasteiger partial charge >= 0.3 is 11.9 Å². The first kappa shape index (κ1) is 21.2. The fourth-order valence-corrected chi connectivity index (χ4v) is 3.65. The molecule has 0 bridgehead atoms. The standard InChI is InChI=1S/C26H22O6/c1-29-23(27)15-31-21-13-11-17-7-3-5-9-19(17)25(21)26-20-10-6-4-8-18(20)12-14-22(26)32-16-24(28)30-2/h3-14H,15-16H2,1-2H3. The Bertz CT molecular complexity index is 1190. The molecular formula is C26H22O6. The minimum atomic E-state index is -0.482. The van der Waals surface area contributed by atoms with Crippen molar-refractivity contribution < 1.29 is 28.5 Å². The van der Waals surface area contributed by atoms with Gasteiger partial charge in [0, 0.05) is 11.1 Å². The lowest BCUT2D eigenvalue weighted by Crippen LogP contribution is -2.14. The predicted molar refractivity (Wildman–Crippen MR) is 122 cm³/mol. The molecule has 0 aromatic heterocycles. The number of carbonyl (C=O) groups excluding carboxylic acids is 2. The Balaban J connectivity index is 1.98. The quantitative estimate of drug-likeness (QED) is 0.394. The van der Waals surface area contributed by atoms with E-state index in [4.69, 9.17) is 18.9 Å². The lowest BCUT2D eigenvalue weighted by molar-refractivity contribution is -0.143. The monoisotopic (exact) mass is 430 g/mol. The minimum absolute atomic E-state index is 0.231. The molecule has 0 unspecified atom stereocenters. The van der Waals surface area contributed by atoms with Gasteiger partial charge in [0.1, 0.15) is 11.5 Å². The topological polar surface area (TPSA) is 71.1 Å². The molecule has 0 aliphatic heterocycles. The summed E-state index contributed by atoms with van der Waals surface area (Å²) in [6.07, 6.45) is 0. The van der Waals surface area contributed by atoms with E-state index in [0.29, 0.717) is 11.5 Å². The number of carbonyl (C=O) groups is 2. The van der Waals surface area contributed by atoms with E-state index >= 15 is 0 Å². The van der Waals surface area contributed by atoms with Crippen LogP contribution < -0.4 is 9.47 Å². The molecule has 0 aliphatic rings. The largest absolute Gasteiger partial charge is 0.481 e. The molecular weight excluding hydrogens is 408 g/mol. The van der Waals surface area contributed by atoms with Crippen LogP contribution in [-0.4, -0.2) is 39.4 Å². The molecule has 0 aliphatic carbocycles. The fourth-order valence-electron chi connectivity index (χ4n) is 3.65. The summed E-state index contributed by atoms with van der Waals surface area (Å²) in [4.78, 5) is 23.5. The number of rotatable bonds is 7. The maximum absolute atomic E-state index is 11.8. The first-order valence-corrected chi connectivity index (χ1v) is 10.1. The van der Waals surface area contributed by atoms with Crippen LogP contribution >= 0.6 is 0 Å². The first-order valence-electron chi connectivity index (χ1n) is 10.1. The highest BCUT2D eigenvalue weighted by atomic mass is 16.6. The van der Waals surface area contributed by atoms with Crippen LogP contribution in [0.5, 0.6) is 11.5 Å². The predicted octanol–water partition coefficient (Wildman–Crippen LogP) is 4.76. The van der Waals surface area contributed by atoms with Crippen LogP contribution in [-0.2, 0) is 19.1 Å². The third-order valence-electron chi connectivity index (χ3n) is 5.18. The zero-order valence-electron chi connectivity index (χ0n) is 17.8. The van der Waals surface area contributed by atoms with Crippen molar-refractivity contribution in [2.24, 2.45) is 0 Å². The number of benzene rings is 4. The van der Waals surface area contributed by atoms with Gasteiger partial charge in [-0.3, -0.25) is 0 Å². The SMILES string of the molecule is COC(=O)COc1ccc2ccccc2c1-c1c(OCC(=O)OC)ccc2ccccc12. The van der Waals surface area contributed by atoms with Crippen LogP contribution in [0.15, 0.2) is 72.8 Å². The zero-order chi connectivity index (χ0) is 22.5. The lowest BCUT2D eigenvalue weighted by atomic mass is 9.92. The van der Waals surface area contributed by atoms with Gasteiger partial charge in [-0.15, -0.1) is 0 Å². The van der Waals surface area contributed by atoms with Gasteiger partial charge in [-0.25, -0.2) is 9.59 Å². The summed E-state index contributed by atoms with van der Waals surface area (Å²) < 4.78 is 21.2. The highest BCUT2D eigenvalue weighted by Gasteiger charge is 2.20. The maximum Gasteiger partial charge on any atom is 0.343 e. The van der Waals surface area contributed by atoms with Crippen molar-refractivity contribution >= 4 is 33.5 Å². The highest BCUT2D eigenvalue weighted by Crippen LogP contribution is 2.45. The Morgan fingerprint density at radius 3 is 1.41 bits per heavy atom. The molecule has 0 spiro atoms. The zero-order valence-corrected chi connectivity index (χ0v) is 17.8. The van der Waals surface area contributed by atoms with Crippen molar-refractivity contribution in [2.45, 2.75) is 0 Å². The van der Waals surface area contributed by atoms with Crippen molar-refractivity contribution in [1.82, 2.24) is 0 Å². The van der Waals surface area contributed by atoms with Crippen LogP contribution in [0.3, 0.4) is 0 Å². The molecule has 6 heteroatoms. The molecule has 0 atom stereocenters. The van der Waals surface area contributed by atoms with E-state index in [-0.39, 0.29) is 13.2 Å². The van der Waals surface area contributed by atoms with E-state index in [1.54, 1.807) is 0 Å². The second-order valence-electron chi connectivity index (χ2n) is 7.05. The van der Waals surface area contributed by atoms with Gasteiger partial charge in [0.15, 0.2) is 13.2 Å². The number of esters is 2. The van der Waals surface area contributed by atoms with Gasteiger partial charge in [-0.2, -0.15) is 0 Å². The molecule has 0 saturated carbocycles. The first-order chi connectivity index (χ1) is 15.6. The van der Waals surface area contributed by atoms with Crippen molar-refractivity contribution in [1.29, 1.82) is 0 Å². The third kappa shape index (κ3) is 4.21. The second-order valence-corrected chi connectivity index (χ2v) is 7.05. The van der Waals surface area contributed by atoms with Gasteiger partial charge in [-0.1, -0.05) is 60.7 Å². The average Bonchev–Trinajstić information content (AvgIpc) is 2.85. The minimum Gasteiger partial charge on any atom is -0.481 e. The van der Waals surface area contributed by atoms with E-state index < -0.39 is 11.9 Å². The van der Waals surface area contributed by atoms with Crippen LogP contribution in [0.2, 0.25) is 0 Å². The number of methoxy groups -OCH3 is 2. The van der Waals surface area contributed by atoms with Gasteiger partial charge in [0.2, 0.25) is 0 Å². The van der Waals surface area contributed by atoms with Gasteiger partial charge in [0.25, 0.3) is 0 Å². The molecule has 0 fully saturated rings. The van der Waals surface area contributed by atoms with E-state index in [1.807, 2.05) is 72.8 Å². The Morgan fingerprint density at radius 2 is 1.00 bits per heavy atom. The van der Waals surface area contributed by atoms with Gasteiger partial charge < -0.3 is 18.9 Å². The van der Waals surface area contributed by atoms with Crippen LogP contribution in [0.4, 0.5) is 0 Å². The molecule has 0 heterocycles. The summed E-state index contributed by atoms with van der Waals surface area (Å²) in [5.74, 6) is 0.0510. The maximum atomic E-state index is 11.8. The molecule has 162 valence electrons. The highest BCUT2D eigenvalue weighted by molar-refractivity contribution is 6.09. The molecule has 0 amide bonds. The number of hydrogen-bond donors (Lipinski definition) is 0. The van der Waals surface area contributed by atoms with E-state index in [2.05, 4.69) is 0 Å². The summed E-state index contributed by atoms with van der Waals surface area (Å²) in [6, 6.07) is 23.3. The summed E-state index contributed by atoms with van der Waals surface area (Å²) in [5, 5.41) is 3.85. The summed E-state index contributed by atoms with van der Waals surface area (Å²) in [7, 11) is 2.63. The average molecular weight is 430 g/mol. The fraction of sp³-hybridized carbons (Fsp3) is 0.154. The molecule has 0 radical (unpaired) electrons. The molecule has 0 N–H and O–H groups in total.